The summed E-state index contributed by atoms with van der Waals surface area (Å²) < 4.78 is 0. The van der Waals surface area contributed by atoms with Gasteiger partial charge in [-0.1, -0.05) is 0 Å². The van der Waals surface area contributed by atoms with Gasteiger partial charge in [0.15, 0.2) is 0 Å². The smallest absolute Gasteiger partial charge is 0.346 e. The Kier molecular flexibility index (Phi) is 3.41. The molecule has 0 fully saturated rings. The molecule has 0 radical (unpaired) electrons. The summed E-state index contributed by atoms with van der Waals surface area (Å²) >= 11 is 0. The van der Waals surface area contributed by atoms with Crippen LogP contribution in [0.5, 0.6) is 0 Å². The minimum Gasteiger partial charge on any atom is -0.394 e. The van der Waals surface area contributed by atoms with Crippen molar-refractivity contribution >= 4 is 5.82 Å². The Morgan fingerprint density at radius 2 is 2.46 bits per heavy atom. The largest absolute Gasteiger partial charge is 0.394 e. The summed E-state index contributed by atoms with van der Waals surface area (Å²) in [5.41, 5.74) is -0.455. The molecule has 0 aliphatic heterocycles. The lowest BCUT2D eigenvalue weighted by Gasteiger charge is -2.08. The first-order valence-electron chi connectivity index (χ1n) is 3.80. The van der Waals surface area contributed by atoms with Crippen LogP contribution in [0.25, 0.3) is 0 Å². The number of nitrogens with one attached hydrogen (secondary N) is 2. The molecule has 6 heteroatoms. The van der Waals surface area contributed by atoms with E-state index in [-0.39, 0.29) is 13.2 Å². The Morgan fingerprint density at radius 3 is 3.08 bits per heavy atom. The second-order valence-electron chi connectivity index (χ2n) is 2.51. The molecule has 4 N–H and O–H groups in total. The maximum Gasteiger partial charge on any atom is 0.346 e. The molecular formula is C7H11N3O3. The van der Waals surface area contributed by atoms with Crippen LogP contribution < -0.4 is 11.0 Å². The van der Waals surface area contributed by atoms with E-state index in [0.717, 1.165) is 0 Å². The van der Waals surface area contributed by atoms with Gasteiger partial charge in [0.05, 0.1) is 12.7 Å². The summed E-state index contributed by atoms with van der Waals surface area (Å²) in [6.07, 6.45) is 0.517. The molecule has 13 heavy (non-hydrogen) atoms. The Bertz CT molecular complexity index is 312. The average molecular weight is 185 g/mol. The minimum atomic E-state index is -0.836. The predicted molar refractivity (Wildman–Crippen MR) is 46.4 cm³/mol. The Morgan fingerprint density at radius 1 is 1.69 bits per heavy atom. The van der Waals surface area contributed by atoms with Gasteiger partial charge in [0.2, 0.25) is 0 Å². The van der Waals surface area contributed by atoms with Gasteiger partial charge in [-0.2, -0.15) is 0 Å². The highest BCUT2D eigenvalue weighted by Gasteiger charge is 2.00. The summed E-state index contributed by atoms with van der Waals surface area (Å²) in [5, 5.41) is 20.2. The van der Waals surface area contributed by atoms with E-state index >= 15 is 0 Å². The van der Waals surface area contributed by atoms with E-state index < -0.39 is 11.8 Å². The number of anilines is 1. The van der Waals surface area contributed by atoms with E-state index in [0.29, 0.717) is 5.82 Å². The first-order chi connectivity index (χ1) is 6.22. The van der Waals surface area contributed by atoms with E-state index in [9.17, 15) is 4.79 Å². The molecule has 0 aromatic carbocycles. The summed E-state index contributed by atoms with van der Waals surface area (Å²) in [5.74, 6) is 0.465. The molecule has 0 saturated carbocycles. The number of hydrogen-bond acceptors (Lipinski definition) is 5. The molecule has 1 aromatic heterocycles. The fourth-order valence-electron chi connectivity index (χ4n) is 0.764. The van der Waals surface area contributed by atoms with Crippen LogP contribution in [0.15, 0.2) is 17.1 Å². The number of aromatic nitrogens is 2. The highest BCUT2D eigenvalue weighted by molar-refractivity contribution is 5.31. The highest BCUT2D eigenvalue weighted by Crippen LogP contribution is 1.95. The van der Waals surface area contributed by atoms with E-state index in [1.165, 1.54) is 6.20 Å². The lowest BCUT2D eigenvalue weighted by Crippen LogP contribution is -2.24. The zero-order valence-electron chi connectivity index (χ0n) is 6.90. The maximum atomic E-state index is 10.7. The number of hydrogen-bond donors (Lipinski definition) is 4. The number of H-pyrrole nitrogens is 1. The molecule has 6 nitrogen and oxygen atoms in total. The second-order valence-corrected chi connectivity index (χ2v) is 2.51. The molecule has 0 bridgehead atoms. The predicted octanol–water partition coefficient (Wildman–Crippen LogP) is -1.47. The third-order valence-electron chi connectivity index (χ3n) is 1.41. The molecule has 0 aliphatic carbocycles. The number of aromatic amines is 1. The van der Waals surface area contributed by atoms with Crippen molar-refractivity contribution in [3.05, 3.63) is 22.7 Å². The maximum absolute atomic E-state index is 10.7. The molecule has 0 amide bonds. The third kappa shape index (κ3) is 3.22. The van der Waals surface area contributed by atoms with Crippen molar-refractivity contribution in [3.63, 3.8) is 0 Å². The van der Waals surface area contributed by atoms with Gasteiger partial charge in [-0.15, -0.1) is 0 Å². The molecule has 0 spiro atoms. The fourth-order valence-corrected chi connectivity index (χ4v) is 0.764. The molecule has 0 saturated heterocycles. The van der Waals surface area contributed by atoms with Crippen LogP contribution in [0.1, 0.15) is 0 Å². The van der Waals surface area contributed by atoms with Crippen LogP contribution in [0, 0.1) is 0 Å². The number of aliphatic hydroxyl groups is 2. The molecule has 0 aliphatic rings. The monoisotopic (exact) mass is 185 g/mol. The van der Waals surface area contributed by atoms with Crippen molar-refractivity contribution in [3.8, 4) is 0 Å². The van der Waals surface area contributed by atoms with Gasteiger partial charge in [-0.05, 0) is 6.07 Å². The standard InChI is InChI=1S/C7H11N3O3/c11-4-5(12)3-9-6-1-2-8-7(13)10-6/h1-2,5,11-12H,3-4H2,(H2,8,9,10,13)/t5-/m0/s1. The van der Waals surface area contributed by atoms with E-state index in [2.05, 4.69) is 15.3 Å². The lowest BCUT2D eigenvalue weighted by molar-refractivity contribution is 0.105. The molecule has 72 valence electrons. The minimum absolute atomic E-state index is 0.177. The highest BCUT2D eigenvalue weighted by atomic mass is 16.3. The van der Waals surface area contributed by atoms with E-state index in [1.54, 1.807) is 6.07 Å². The third-order valence-corrected chi connectivity index (χ3v) is 1.41. The second kappa shape index (κ2) is 4.58. The van der Waals surface area contributed by atoms with E-state index in [4.69, 9.17) is 10.2 Å². The average Bonchev–Trinajstić information content (AvgIpc) is 2.14. The molecule has 1 rings (SSSR count). The van der Waals surface area contributed by atoms with Crippen molar-refractivity contribution in [1.82, 2.24) is 9.97 Å². The molecular weight excluding hydrogens is 174 g/mol. The van der Waals surface area contributed by atoms with Crippen LogP contribution in [-0.2, 0) is 0 Å². The summed E-state index contributed by atoms with van der Waals surface area (Å²) in [7, 11) is 0. The number of nitrogens with zero attached hydrogens (tertiary/aromatic N) is 1. The van der Waals surface area contributed by atoms with Crippen LogP contribution in [0.2, 0.25) is 0 Å². The normalized spacial score (nSPS) is 12.5. The topological polar surface area (TPSA) is 98.2 Å². The molecule has 0 unspecified atom stereocenters. The van der Waals surface area contributed by atoms with Crippen molar-refractivity contribution in [1.29, 1.82) is 0 Å². The molecule has 1 atom stereocenters. The summed E-state index contributed by atoms with van der Waals surface area (Å²) in [4.78, 5) is 16.5. The van der Waals surface area contributed by atoms with Crippen molar-refractivity contribution in [2.75, 3.05) is 18.5 Å². The van der Waals surface area contributed by atoms with Crippen molar-refractivity contribution < 1.29 is 10.2 Å². The number of rotatable bonds is 4. The Balaban J connectivity index is 2.50. The van der Waals surface area contributed by atoms with Gasteiger partial charge < -0.3 is 15.5 Å². The van der Waals surface area contributed by atoms with Gasteiger partial charge in [-0.3, -0.25) is 4.98 Å². The molecule has 1 heterocycles. The van der Waals surface area contributed by atoms with Gasteiger partial charge in [0, 0.05) is 12.7 Å². The molecule has 1 aromatic rings. The van der Waals surface area contributed by atoms with Gasteiger partial charge in [-0.25, -0.2) is 9.78 Å². The summed E-state index contributed by atoms with van der Waals surface area (Å²) in [6, 6.07) is 1.56. The van der Waals surface area contributed by atoms with Crippen LogP contribution in [0.4, 0.5) is 5.82 Å². The van der Waals surface area contributed by atoms with Crippen LogP contribution in [-0.4, -0.2) is 39.4 Å². The number of aliphatic hydroxyl groups excluding tert-OH is 2. The lowest BCUT2D eigenvalue weighted by atomic mass is 10.4. The van der Waals surface area contributed by atoms with Gasteiger partial charge >= 0.3 is 5.69 Å². The van der Waals surface area contributed by atoms with Crippen LogP contribution in [0.3, 0.4) is 0 Å². The van der Waals surface area contributed by atoms with Crippen LogP contribution >= 0.6 is 0 Å². The fraction of sp³-hybridized carbons (Fsp3) is 0.429. The van der Waals surface area contributed by atoms with Gasteiger partial charge in [0.1, 0.15) is 5.82 Å². The van der Waals surface area contributed by atoms with Crippen molar-refractivity contribution in [2.45, 2.75) is 6.10 Å². The first-order valence-corrected chi connectivity index (χ1v) is 3.80. The Labute approximate surface area is 74.3 Å². The quantitative estimate of drug-likeness (QED) is 0.459. The van der Waals surface area contributed by atoms with Crippen molar-refractivity contribution in [2.24, 2.45) is 0 Å². The Hall–Kier alpha value is -1.40. The van der Waals surface area contributed by atoms with E-state index in [1.807, 2.05) is 0 Å². The van der Waals surface area contributed by atoms with Gasteiger partial charge in [0.25, 0.3) is 0 Å². The zero-order chi connectivity index (χ0) is 9.68. The zero-order valence-corrected chi connectivity index (χ0v) is 6.90. The summed E-state index contributed by atoms with van der Waals surface area (Å²) in [6.45, 7) is -0.140. The SMILES string of the molecule is O=c1nccc(NC[C@H](O)CO)[nH]1. The first kappa shape index (κ1) is 9.69.